The second-order valence-electron chi connectivity index (χ2n) is 6.36. The van der Waals surface area contributed by atoms with Crippen LogP contribution >= 0.6 is 0 Å². The zero-order valence-electron chi connectivity index (χ0n) is 12.5. The van der Waals surface area contributed by atoms with E-state index in [0.29, 0.717) is 17.9 Å². The van der Waals surface area contributed by atoms with Gasteiger partial charge in [0.25, 0.3) is 0 Å². The topological polar surface area (TPSA) is 38.3 Å². The molecule has 3 unspecified atom stereocenters. The molecule has 1 saturated carbocycles. The first-order chi connectivity index (χ1) is 8.40. The number of ether oxygens (including phenoxy) is 1. The zero-order chi connectivity index (χ0) is 13.7. The van der Waals surface area contributed by atoms with Crippen LogP contribution in [-0.4, -0.2) is 24.7 Å². The average molecular weight is 255 g/mol. The molecule has 3 atom stereocenters. The van der Waals surface area contributed by atoms with Crippen LogP contribution in [0.3, 0.4) is 0 Å². The van der Waals surface area contributed by atoms with Gasteiger partial charge >= 0.3 is 0 Å². The van der Waals surface area contributed by atoms with Crippen molar-refractivity contribution in [3.05, 3.63) is 0 Å². The van der Waals surface area contributed by atoms with E-state index in [0.717, 1.165) is 12.3 Å². The third-order valence-corrected chi connectivity index (χ3v) is 3.92. The molecule has 0 radical (unpaired) electrons. The average Bonchev–Trinajstić information content (AvgIpc) is 2.26. The summed E-state index contributed by atoms with van der Waals surface area (Å²) in [7, 11) is 0. The smallest absolute Gasteiger partial charge is 0.246 e. The molecule has 18 heavy (non-hydrogen) atoms. The van der Waals surface area contributed by atoms with Gasteiger partial charge in [-0.25, -0.2) is 0 Å². The summed E-state index contributed by atoms with van der Waals surface area (Å²) < 4.78 is 5.36. The van der Waals surface area contributed by atoms with Gasteiger partial charge in [0.1, 0.15) is 6.61 Å². The van der Waals surface area contributed by atoms with Gasteiger partial charge in [0, 0.05) is 6.04 Å². The van der Waals surface area contributed by atoms with Crippen molar-refractivity contribution in [1.82, 2.24) is 5.32 Å². The number of hydrogen-bond acceptors (Lipinski definition) is 2. The van der Waals surface area contributed by atoms with Crippen LogP contribution in [0.4, 0.5) is 0 Å². The van der Waals surface area contributed by atoms with Crippen LogP contribution in [-0.2, 0) is 9.53 Å². The Kier molecular flexibility index (Phi) is 6.13. The molecule has 0 saturated heterocycles. The lowest BCUT2D eigenvalue weighted by molar-refractivity contribution is -0.128. The van der Waals surface area contributed by atoms with E-state index < -0.39 is 0 Å². The normalized spacial score (nSPS) is 28.7. The third-order valence-electron chi connectivity index (χ3n) is 3.92. The first-order valence-corrected chi connectivity index (χ1v) is 7.31. The maximum absolute atomic E-state index is 11.9. The minimum Gasteiger partial charge on any atom is -0.369 e. The Hall–Kier alpha value is -0.570. The van der Waals surface area contributed by atoms with Crippen LogP contribution in [0.5, 0.6) is 0 Å². The molecule has 1 N–H and O–H groups in total. The summed E-state index contributed by atoms with van der Waals surface area (Å²) >= 11 is 0. The Bertz CT molecular complexity index is 263. The molecule has 1 amide bonds. The molecule has 1 aliphatic carbocycles. The van der Waals surface area contributed by atoms with Gasteiger partial charge in [-0.2, -0.15) is 0 Å². The summed E-state index contributed by atoms with van der Waals surface area (Å²) in [6.07, 6.45) is 3.74. The van der Waals surface area contributed by atoms with E-state index in [1.54, 1.807) is 0 Å². The molecule has 0 aromatic heterocycles. The highest BCUT2D eigenvalue weighted by atomic mass is 16.5. The van der Waals surface area contributed by atoms with Crippen molar-refractivity contribution >= 4 is 5.91 Å². The fourth-order valence-electron chi connectivity index (χ4n) is 2.86. The van der Waals surface area contributed by atoms with Crippen molar-refractivity contribution in [3.63, 3.8) is 0 Å². The molecule has 0 aromatic carbocycles. The molecule has 1 rings (SSSR count). The third kappa shape index (κ3) is 4.97. The second kappa shape index (κ2) is 7.13. The van der Waals surface area contributed by atoms with Crippen molar-refractivity contribution in [3.8, 4) is 0 Å². The van der Waals surface area contributed by atoms with Crippen LogP contribution in [0, 0.1) is 17.8 Å². The van der Waals surface area contributed by atoms with Crippen molar-refractivity contribution in [2.45, 2.75) is 66.0 Å². The van der Waals surface area contributed by atoms with Crippen molar-refractivity contribution in [1.29, 1.82) is 0 Å². The fourth-order valence-corrected chi connectivity index (χ4v) is 2.86. The minimum absolute atomic E-state index is 0.0356. The van der Waals surface area contributed by atoms with Gasteiger partial charge in [-0.3, -0.25) is 4.79 Å². The summed E-state index contributed by atoms with van der Waals surface area (Å²) in [5, 5.41) is 3.17. The molecule has 0 aliphatic heterocycles. The molecule has 106 valence electrons. The van der Waals surface area contributed by atoms with Crippen LogP contribution in [0.25, 0.3) is 0 Å². The number of nitrogens with one attached hydrogen (secondary N) is 1. The first kappa shape index (κ1) is 15.5. The van der Waals surface area contributed by atoms with E-state index in [9.17, 15) is 4.79 Å². The van der Waals surface area contributed by atoms with E-state index >= 15 is 0 Å². The van der Waals surface area contributed by atoms with Crippen LogP contribution < -0.4 is 5.32 Å². The van der Waals surface area contributed by atoms with Gasteiger partial charge in [0.05, 0.1) is 6.10 Å². The van der Waals surface area contributed by atoms with E-state index in [4.69, 9.17) is 4.74 Å². The maximum Gasteiger partial charge on any atom is 0.246 e. The van der Waals surface area contributed by atoms with Gasteiger partial charge in [-0.15, -0.1) is 0 Å². The highest BCUT2D eigenvalue weighted by molar-refractivity contribution is 5.77. The molecule has 3 nitrogen and oxygen atoms in total. The van der Waals surface area contributed by atoms with Gasteiger partial charge in [0.2, 0.25) is 5.91 Å². The monoisotopic (exact) mass is 255 g/mol. The zero-order valence-corrected chi connectivity index (χ0v) is 12.5. The second-order valence-corrected chi connectivity index (χ2v) is 6.36. The Morgan fingerprint density at radius 2 is 1.94 bits per heavy atom. The predicted octanol–water partition coefficient (Wildman–Crippen LogP) is 2.99. The highest BCUT2D eigenvalue weighted by Crippen LogP contribution is 2.33. The number of amides is 1. The van der Waals surface area contributed by atoms with E-state index in [1.807, 2.05) is 13.8 Å². The number of carbonyl (C=O) groups excluding carboxylic acids is 1. The fraction of sp³-hybridized carbons (Fsp3) is 0.933. The lowest BCUT2D eigenvalue weighted by Crippen LogP contribution is -2.46. The number of rotatable bonds is 5. The van der Waals surface area contributed by atoms with Crippen molar-refractivity contribution in [2.75, 3.05) is 6.61 Å². The summed E-state index contributed by atoms with van der Waals surface area (Å²) in [6, 6.07) is 0.331. The Morgan fingerprint density at radius 3 is 2.50 bits per heavy atom. The van der Waals surface area contributed by atoms with Crippen molar-refractivity contribution < 1.29 is 9.53 Å². The van der Waals surface area contributed by atoms with E-state index in [-0.39, 0.29) is 18.6 Å². The maximum atomic E-state index is 11.9. The van der Waals surface area contributed by atoms with Crippen LogP contribution in [0.1, 0.15) is 53.9 Å². The molecular weight excluding hydrogens is 226 g/mol. The Labute approximate surface area is 112 Å². The van der Waals surface area contributed by atoms with Crippen LogP contribution in [0.2, 0.25) is 0 Å². The largest absolute Gasteiger partial charge is 0.369 e. The van der Waals surface area contributed by atoms with E-state index in [1.165, 1.54) is 12.8 Å². The standard InChI is InChI=1S/C15H29NO2/c1-10(2)13-7-6-12(5)8-14(13)16-15(17)9-18-11(3)4/h10-14H,6-9H2,1-5H3,(H,16,17). The number of carbonyl (C=O) groups is 1. The van der Waals surface area contributed by atoms with Crippen LogP contribution in [0.15, 0.2) is 0 Å². The molecular formula is C15H29NO2. The predicted molar refractivity (Wildman–Crippen MR) is 74.4 cm³/mol. The Balaban J connectivity index is 2.47. The molecule has 1 fully saturated rings. The summed E-state index contributed by atoms with van der Waals surface area (Å²) in [4.78, 5) is 11.9. The molecule has 0 heterocycles. The first-order valence-electron chi connectivity index (χ1n) is 7.31. The minimum atomic E-state index is 0.0356. The Morgan fingerprint density at radius 1 is 1.28 bits per heavy atom. The molecule has 0 bridgehead atoms. The molecule has 0 spiro atoms. The quantitative estimate of drug-likeness (QED) is 0.820. The molecule has 0 aromatic rings. The lowest BCUT2D eigenvalue weighted by atomic mass is 9.74. The van der Waals surface area contributed by atoms with Gasteiger partial charge in [-0.05, 0) is 44.4 Å². The highest BCUT2D eigenvalue weighted by Gasteiger charge is 2.31. The summed E-state index contributed by atoms with van der Waals surface area (Å²) in [5.41, 5.74) is 0. The van der Waals surface area contributed by atoms with Gasteiger partial charge in [-0.1, -0.05) is 27.2 Å². The van der Waals surface area contributed by atoms with Gasteiger partial charge in [0.15, 0.2) is 0 Å². The number of hydrogen-bond donors (Lipinski definition) is 1. The molecule has 3 heteroatoms. The summed E-state index contributed by atoms with van der Waals surface area (Å²) in [6.45, 7) is 10.9. The van der Waals surface area contributed by atoms with E-state index in [2.05, 4.69) is 26.1 Å². The SMILES string of the molecule is CC1CCC(C(C)C)C(NC(=O)COC(C)C)C1. The lowest BCUT2D eigenvalue weighted by Gasteiger charge is -2.37. The van der Waals surface area contributed by atoms with Crippen molar-refractivity contribution in [2.24, 2.45) is 17.8 Å². The van der Waals surface area contributed by atoms with Gasteiger partial charge < -0.3 is 10.1 Å². The molecule has 1 aliphatic rings. The summed E-state index contributed by atoms with van der Waals surface area (Å²) in [5.74, 6) is 2.00.